The lowest BCUT2D eigenvalue weighted by Crippen LogP contribution is -2.00. The van der Waals surface area contributed by atoms with Crippen molar-refractivity contribution in [2.75, 3.05) is 7.11 Å². The normalized spacial score (nSPS) is 10.2. The first-order valence-corrected chi connectivity index (χ1v) is 5.19. The third-order valence-electron chi connectivity index (χ3n) is 2.30. The Labute approximate surface area is 107 Å². The molecule has 0 aliphatic carbocycles. The second kappa shape index (κ2) is 4.84. The van der Waals surface area contributed by atoms with Gasteiger partial charge in [-0.05, 0) is 18.6 Å². The predicted molar refractivity (Wildman–Crippen MR) is 62.5 cm³/mol. The number of nitrogens with zero attached hydrogens (tertiary/aromatic N) is 3. The maximum absolute atomic E-state index is 11.2. The molecule has 1 aromatic carbocycles. The molecule has 0 spiro atoms. The van der Waals surface area contributed by atoms with Gasteiger partial charge in [0, 0.05) is 17.7 Å². The molecule has 1 aromatic heterocycles. The van der Waals surface area contributed by atoms with Crippen LogP contribution in [0.2, 0.25) is 0 Å². The number of esters is 1. The van der Waals surface area contributed by atoms with Crippen molar-refractivity contribution in [2.24, 2.45) is 0 Å². The maximum Gasteiger partial charge on any atom is 0.396 e. The van der Waals surface area contributed by atoms with E-state index in [0.29, 0.717) is 11.1 Å². The zero-order valence-corrected chi connectivity index (χ0v) is 10.1. The molecule has 0 fully saturated rings. The van der Waals surface area contributed by atoms with E-state index in [1.165, 1.54) is 19.2 Å². The van der Waals surface area contributed by atoms with Crippen LogP contribution < -0.4 is 0 Å². The van der Waals surface area contributed by atoms with Crippen LogP contribution in [0.25, 0.3) is 11.5 Å². The second-order valence-corrected chi connectivity index (χ2v) is 3.72. The molecule has 0 aliphatic heterocycles. The summed E-state index contributed by atoms with van der Waals surface area (Å²) in [4.78, 5) is 21.4. The van der Waals surface area contributed by atoms with Crippen molar-refractivity contribution in [1.82, 2.24) is 10.2 Å². The van der Waals surface area contributed by atoms with E-state index in [0.717, 1.165) is 0 Å². The molecule has 0 aliphatic rings. The Kier molecular flexibility index (Phi) is 3.23. The van der Waals surface area contributed by atoms with Gasteiger partial charge in [-0.15, -0.1) is 10.2 Å². The Hall–Kier alpha value is -2.77. The molecule has 0 amide bonds. The van der Waals surface area contributed by atoms with Crippen LogP contribution in [-0.4, -0.2) is 28.2 Å². The van der Waals surface area contributed by atoms with Gasteiger partial charge in [-0.25, -0.2) is 4.79 Å². The van der Waals surface area contributed by atoms with Gasteiger partial charge in [0.25, 0.3) is 5.69 Å². The van der Waals surface area contributed by atoms with Crippen LogP contribution in [0.1, 0.15) is 16.2 Å². The molecule has 8 nitrogen and oxygen atoms in total. The van der Waals surface area contributed by atoms with Gasteiger partial charge in [-0.3, -0.25) is 10.1 Å². The Balaban J connectivity index is 2.44. The van der Waals surface area contributed by atoms with E-state index < -0.39 is 10.9 Å². The summed E-state index contributed by atoms with van der Waals surface area (Å²) >= 11 is 0. The number of carbonyl (C=O) groups is 1. The number of benzene rings is 1. The summed E-state index contributed by atoms with van der Waals surface area (Å²) in [6.07, 6.45) is 0. The van der Waals surface area contributed by atoms with Gasteiger partial charge in [0.1, 0.15) is 0 Å². The van der Waals surface area contributed by atoms with Gasteiger partial charge in [-0.1, -0.05) is 0 Å². The second-order valence-electron chi connectivity index (χ2n) is 3.72. The molecule has 0 saturated heterocycles. The zero-order chi connectivity index (χ0) is 14.0. The molecule has 1 heterocycles. The molecule has 0 N–H and O–H groups in total. The number of carbonyl (C=O) groups excluding carboxylic acids is 1. The fraction of sp³-hybridized carbons (Fsp3) is 0.182. The van der Waals surface area contributed by atoms with E-state index in [-0.39, 0.29) is 17.5 Å². The minimum Gasteiger partial charge on any atom is -0.462 e. The van der Waals surface area contributed by atoms with Crippen LogP contribution in [0.3, 0.4) is 0 Å². The summed E-state index contributed by atoms with van der Waals surface area (Å²) in [5, 5.41) is 17.9. The molecule has 0 bridgehead atoms. The van der Waals surface area contributed by atoms with Crippen molar-refractivity contribution in [3.63, 3.8) is 0 Å². The van der Waals surface area contributed by atoms with E-state index in [2.05, 4.69) is 14.9 Å². The molecule has 0 atom stereocenters. The molecule has 0 unspecified atom stereocenters. The topological polar surface area (TPSA) is 108 Å². The van der Waals surface area contributed by atoms with Crippen molar-refractivity contribution in [3.8, 4) is 11.5 Å². The van der Waals surface area contributed by atoms with E-state index >= 15 is 0 Å². The molecule has 0 saturated carbocycles. The van der Waals surface area contributed by atoms with Gasteiger partial charge in [0.2, 0.25) is 5.89 Å². The largest absolute Gasteiger partial charge is 0.462 e. The molecular weight excluding hydrogens is 254 g/mol. The number of aryl methyl sites for hydroxylation is 1. The molecule has 2 rings (SSSR count). The average Bonchev–Trinajstić information content (AvgIpc) is 2.86. The highest BCUT2D eigenvalue weighted by molar-refractivity contribution is 5.84. The molecular formula is C11H9N3O5. The van der Waals surface area contributed by atoms with Crippen molar-refractivity contribution >= 4 is 11.7 Å². The minimum atomic E-state index is -0.763. The number of ether oxygens (including phenoxy) is 1. The number of aromatic nitrogens is 2. The average molecular weight is 263 g/mol. The quantitative estimate of drug-likeness (QED) is 0.471. The van der Waals surface area contributed by atoms with Crippen molar-refractivity contribution < 1.29 is 18.9 Å². The summed E-state index contributed by atoms with van der Waals surface area (Å²) in [6, 6.07) is 4.35. The fourth-order valence-corrected chi connectivity index (χ4v) is 1.50. The van der Waals surface area contributed by atoms with Crippen LogP contribution in [-0.2, 0) is 4.74 Å². The first kappa shape index (κ1) is 12.7. The van der Waals surface area contributed by atoms with Gasteiger partial charge in [0.05, 0.1) is 12.0 Å². The monoisotopic (exact) mass is 263 g/mol. The smallest absolute Gasteiger partial charge is 0.396 e. The highest BCUT2D eigenvalue weighted by atomic mass is 16.6. The van der Waals surface area contributed by atoms with Crippen molar-refractivity contribution in [3.05, 3.63) is 39.8 Å². The standard InChI is InChI=1S/C11H9N3O5/c1-6-3-7(5-8(4-6)14(16)17)9-12-13-10(19-9)11(15)18-2/h3-5H,1-2H3. The number of non-ortho nitro benzene ring substituents is 1. The first-order chi connectivity index (χ1) is 9.01. The molecule has 2 aromatic rings. The Morgan fingerprint density at radius 1 is 1.37 bits per heavy atom. The zero-order valence-electron chi connectivity index (χ0n) is 10.1. The lowest BCUT2D eigenvalue weighted by Gasteiger charge is -1.98. The van der Waals surface area contributed by atoms with Crippen LogP contribution in [0, 0.1) is 17.0 Å². The highest BCUT2D eigenvalue weighted by Crippen LogP contribution is 2.25. The molecule has 8 heteroatoms. The van der Waals surface area contributed by atoms with E-state index in [1.54, 1.807) is 13.0 Å². The summed E-state index contributed by atoms with van der Waals surface area (Å²) in [6.45, 7) is 1.70. The van der Waals surface area contributed by atoms with Crippen LogP contribution in [0.4, 0.5) is 5.69 Å². The van der Waals surface area contributed by atoms with E-state index in [1.807, 2.05) is 0 Å². The van der Waals surface area contributed by atoms with Gasteiger partial charge < -0.3 is 9.15 Å². The van der Waals surface area contributed by atoms with Crippen molar-refractivity contribution in [2.45, 2.75) is 6.92 Å². The summed E-state index contributed by atoms with van der Waals surface area (Å²) in [5.74, 6) is -1.05. The van der Waals surface area contributed by atoms with E-state index in [4.69, 9.17) is 4.42 Å². The number of hydrogen-bond donors (Lipinski definition) is 0. The maximum atomic E-state index is 11.2. The molecule has 98 valence electrons. The van der Waals surface area contributed by atoms with Crippen LogP contribution in [0.5, 0.6) is 0 Å². The summed E-state index contributed by atoms with van der Waals surface area (Å²) in [5.41, 5.74) is 0.948. The van der Waals surface area contributed by atoms with Gasteiger partial charge in [-0.2, -0.15) is 0 Å². The van der Waals surface area contributed by atoms with E-state index in [9.17, 15) is 14.9 Å². The lowest BCUT2D eigenvalue weighted by molar-refractivity contribution is -0.384. The fourth-order valence-electron chi connectivity index (χ4n) is 1.50. The number of methoxy groups -OCH3 is 1. The summed E-state index contributed by atoms with van der Waals surface area (Å²) < 4.78 is 9.52. The van der Waals surface area contributed by atoms with Gasteiger partial charge >= 0.3 is 11.9 Å². The number of hydrogen-bond acceptors (Lipinski definition) is 7. The minimum absolute atomic E-state index is 0.0206. The number of nitro groups is 1. The van der Waals surface area contributed by atoms with Crippen LogP contribution >= 0.6 is 0 Å². The lowest BCUT2D eigenvalue weighted by atomic mass is 10.1. The number of rotatable bonds is 3. The highest BCUT2D eigenvalue weighted by Gasteiger charge is 2.18. The Morgan fingerprint density at radius 2 is 2.11 bits per heavy atom. The van der Waals surface area contributed by atoms with Crippen molar-refractivity contribution in [1.29, 1.82) is 0 Å². The first-order valence-electron chi connectivity index (χ1n) is 5.19. The molecule has 0 radical (unpaired) electrons. The Morgan fingerprint density at radius 3 is 2.74 bits per heavy atom. The Bertz CT molecular complexity index is 650. The number of nitro benzene ring substituents is 1. The predicted octanol–water partition coefficient (Wildman–Crippen LogP) is 1.74. The SMILES string of the molecule is COC(=O)c1nnc(-c2cc(C)cc([N+](=O)[O-])c2)o1. The third kappa shape index (κ3) is 2.57. The van der Waals surface area contributed by atoms with Crippen LogP contribution in [0.15, 0.2) is 22.6 Å². The third-order valence-corrected chi connectivity index (χ3v) is 2.30. The summed E-state index contributed by atoms with van der Waals surface area (Å²) in [7, 11) is 1.18. The molecule has 19 heavy (non-hydrogen) atoms. The van der Waals surface area contributed by atoms with Gasteiger partial charge in [0.15, 0.2) is 0 Å².